The van der Waals surface area contributed by atoms with Gasteiger partial charge in [-0.3, -0.25) is 33.8 Å². The molecule has 23 heteroatoms. The molecule has 3 amide bonds. The fourth-order valence-electron chi connectivity index (χ4n) is 8.78. The number of esters is 1. The minimum atomic E-state index is -1.87. The number of Topliss-reactive ketones (excluding diaryl/α,β-unsaturated/α-hetero) is 1. The van der Waals surface area contributed by atoms with Gasteiger partial charge in [0.05, 0.1) is 44.4 Å². The SMILES string of the molecule is COC(=O)C1CC(NC(=O)c2cc(=O)[nH]c(=O)[nH]2)C(O[C@@H]2OC(C)[C@@H](O)C(O)C2O)[C@H](O[C@@H]2OC(CO)C(=O)C(O[C@@H](CC3CCCCC3)C(=O)N3CCC3)C2NC(=O)CN)C1. The van der Waals surface area contributed by atoms with Gasteiger partial charge in [0.15, 0.2) is 18.4 Å². The number of amides is 3. The Balaban J connectivity index is 1.38. The first-order valence-corrected chi connectivity index (χ1v) is 21.1. The highest BCUT2D eigenvalue weighted by molar-refractivity contribution is 5.92. The van der Waals surface area contributed by atoms with Crippen molar-refractivity contribution in [2.45, 2.75) is 144 Å². The number of aliphatic hydroxyl groups is 4. The van der Waals surface area contributed by atoms with E-state index in [-0.39, 0.29) is 31.1 Å². The second-order valence-electron chi connectivity index (χ2n) is 16.6. The Hall–Kier alpha value is -4.17. The van der Waals surface area contributed by atoms with Crippen LogP contribution in [0.3, 0.4) is 0 Å². The summed E-state index contributed by atoms with van der Waals surface area (Å²) >= 11 is 0. The van der Waals surface area contributed by atoms with E-state index in [0.717, 1.165) is 51.7 Å². The average Bonchev–Trinajstić information content (AvgIpc) is 3.23. The monoisotopic (exact) mass is 882 g/mol. The number of carbonyl (C=O) groups is 5. The number of H-pyrrole nitrogens is 2. The lowest BCUT2D eigenvalue weighted by molar-refractivity contribution is -0.327. The van der Waals surface area contributed by atoms with Gasteiger partial charge >= 0.3 is 11.7 Å². The van der Waals surface area contributed by atoms with Crippen molar-refractivity contribution in [3.63, 3.8) is 0 Å². The van der Waals surface area contributed by atoms with Crippen molar-refractivity contribution in [2.24, 2.45) is 17.6 Å². The van der Waals surface area contributed by atoms with Crippen LogP contribution in [0.15, 0.2) is 15.7 Å². The van der Waals surface area contributed by atoms with Crippen molar-refractivity contribution < 1.29 is 72.8 Å². The van der Waals surface area contributed by atoms with Gasteiger partial charge in [0.25, 0.3) is 17.4 Å². The lowest BCUT2D eigenvalue weighted by atomic mass is 9.81. The zero-order valence-corrected chi connectivity index (χ0v) is 34.6. The molecule has 5 aliphatic rings. The highest BCUT2D eigenvalue weighted by Gasteiger charge is 2.54. The molecule has 0 radical (unpaired) electrons. The summed E-state index contributed by atoms with van der Waals surface area (Å²) in [7, 11) is 1.13. The van der Waals surface area contributed by atoms with Crippen molar-refractivity contribution in [3.8, 4) is 0 Å². The van der Waals surface area contributed by atoms with E-state index < -0.39 is 139 Å². The van der Waals surface area contributed by atoms with Crippen LogP contribution < -0.4 is 27.6 Å². The van der Waals surface area contributed by atoms with Crippen LogP contribution in [0, 0.1) is 11.8 Å². The number of ether oxygens (including phenoxy) is 6. The maximum absolute atomic E-state index is 14.1. The number of nitrogens with two attached hydrogens (primary N) is 1. The standard InChI is InChI=1S/C39H58N6O17/c1-17-28(49)30(51)31(52)38(58-17)62-32-20(41-34(53)21-14-25(47)44-39(56)42-21)12-19(36(55)57-2)13-22(32)60-37-27(43-26(48)15-40)33(29(50)24(16-46)61-37)59-23(35(54)45-9-6-10-45)11-18-7-4-3-5-8-18/h14,17-20,22-24,27-28,30-33,37-38,46,49,51-52H,3-13,15-16,40H2,1-2H3,(H,41,53)(H,43,48)(H2,42,44,47,56)/t17?,19?,20?,22-,23+,24?,27?,28-,30?,31?,32?,33?,37-,38+/m1/s1. The molecule has 0 spiro atoms. The molecule has 23 nitrogen and oxygen atoms in total. The van der Waals surface area contributed by atoms with Crippen LogP contribution in [-0.4, -0.2) is 178 Å². The number of ketones is 1. The molecule has 3 aliphatic heterocycles. The van der Waals surface area contributed by atoms with E-state index in [1.54, 1.807) is 4.90 Å². The largest absolute Gasteiger partial charge is 0.469 e. The van der Waals surface area contributed by atoms with Gasteiger partial charge in [0.2, 0.25) is 5.91 Å². The zero-order valence-electron chi connectivity index (χ0n) is 34.6. The van der Waals surface area contributed by atoms with E-state index in [0.29, 0.717) is 13.1 Å². The first kappa shape index (κ1) is 47.3. The van der Waals surface area contributed by atoms with Crippen molar-refractivity contribution in [1.29, 1.82) is 0 Å². The average molecular weight is 883 g/mol. The molecule has 4 heterocycles. The molecule has 9 unspecified atom stereocenters. The number of rotatable bonds is 15. The Labute approximate surface area is 355 Å². The number of hydrogen-bond acceptors (Lipinski definition) is 18. The molecule has 2 aliphatic carbocycles. The van der Waals surface area contributed by atoms with E-state index in [1.807, 2.05) is 4.98 Å². The van der Waals surface area contributed by atoms with Crippen LogP contribution in [0.4, 0.5) is 0 Å². The van der Waals surface area contributed by atoms with Gasteiger partial charge in [0, 0.05) is 19.2 Å². The lowest BCUT2D eigenvalue weighted by Crippen LogP contribution is -2.67. The number of nitrogens with zero attached hydrogens (tertiary/aromatic N) is 1. The van der Waals surface area contributed by atoms with E-state index >= 15 is 0 Å². The van der Waals surface area contributed by atoms with E-state index in [1.165, 1.54) is 6.92 Å². The third kappa shape index (κ3) is 10.9. The molecule has 10 N–H and O–H groups in total. The van der Waals surface area contributed by atoms with Gasteiger partial charge in [-0.2, -0.15) is 0 Å². The Bertz CT molecular complexity index is 1840. The molecule has 6 rings (SSSR count). The van der Waals surface area contributed by atoms with Gasteiger partial charge < -0.3 is 75.1 Å². The Morgan fingerprint density at radius 1 is 0.935 bits per heavy atom. The summed E-state index contributed by atoms with van der Waals surface area (Å²) in [5.74, 6) is -4.66. The number of nitrogens with one attached hydrogen (secondary N) is 4. The molecule has 2 saturated carbocycles. The minimum Gasteiger partial charge on any atom is -0.469 e. The summed E-state index contributed by atoms with van der Waals surface area (Å²) in [5, 5.41) is 47.8. The Kier molecular flexibility index (Phi) is 16.0. The molecule has 62 heavy (non-hydrogen) atoms. The summed E-state index contributed by atoms with van der Waals surface area (Å²) in [6.07, 6.45) is -11.8. The Morgan fingerprint density at radius 2 is 1.66 bits per heavy atom. The van der Waals surface area contributed by atoms with Crippen molar-refractivity contribution in [2.75, 3.05) is 33.4 Å². The molecule has 0 aromatic carbocycles. The molecular weight excluding hydrogens is 824 g/mol. The van der Waals surface area contributed by atoms with Crippen LogP contribution >= 0.6 is 0 Å². The van der Waals surface area contributed by atoms with Crippen LogP contribution in [-0.2, 0) is 47.6 Å². The normalized spacial score (nSPS) is 34.7. The van der Waals surface area contributed by atoms with E-state index in [4.69, 9.17) is 34.2 Å². The zero-order chi connectivity index (χ0) is 44.8. The maximum Gasteiger partial charge on any atom is 0.326 e. The van der Waals surface area contributed by atoms with Gasteiger partial charge in [0.1, 0.15) is 54.5 Å². The van der Waals surface area contributed by atoms with Crippen LogP contribution in [0.2, 0.25) is 0 Å². The van der Waals surface area contributed by atoms with Crippen LogP contribution in [0.5, 0.6) is 0 Å². The molecular formula is C39H58N6O17. The summed E-state index contributed by atoms with van der Waals surface area (Å²) in [6.45, 7) is 0.953. The maximum atomic E-state index is 14.1. The van der Waals surface area contributed by atoms with Gasteiger partial charge in [-0.25, -0.2) is 4.79 Å². The van der Waals surface area contributed by atoms with Crippen molar-refractivity contribution in [1.82, 2.24) is 25.5 Å². The quantitative estimate of drug-likeness (QED) is 0.0759. The summed E-state index contributed by atoms with van der Waals surface area (Å²) < 4.78 is 36.1. The predicted molar refractivity (Wildman–Crippen MR) is 209 cm³/mol. The molecule has 3 saturated heterocycles. The second kappa shape index (κ2) is 21.0. The van der Waals surface area contributed by atoms with Gasteiger partial charge in [-0.1, -0.05) is 32.1 Å². The van der Waals surface area contributed by atoms with Crippen LogP contribution in [0.1, 0.15) is 75.2 Å². The first-order chi connectivity index (χ1) is 29.6. The van der Waals surface area contributed by atoms with Crippen LogP contribution in [0.25, 0.3) is 0 Å². The summed E-state index contributed by atoms with van der Waals surface area (Å²) in [5.41, 5.74) is 3.34. The number of hydrogen-bond donors (Lipinski definition) is 9. The fraction of sp³-hybridized carbons (Fsp3) is 0.769. The van der Waals surface area contributed by atoms with E-state index in [2.05, 4.69) is 15.6 Å². The number of aliphatic hydroxyl groups excluding tert-OH is 4. The fourth-order valence-corrected chi connectivity index (χ4v) is 8.78. The number of likely N-dealkylation sites (tertiary alicyclic amines) is 1. The molecule has 5 fully saturated rings. The third-order valence-corrected chi connectivity index (χ3v) is 12.3. The first-order valence-electron chi connectivity index (χ1n) is 21.1. The molecule has 1 aromatic heterocycles. The third-order valence-electron chi connectivity index (χ3n) is 12.3. The van der Waals surface area contributed by atoms with Gasteiger partial charge in [-0.05, 0) is 38.5 Å². The second-order valence-corrected chi connectivity index (χ2v) is 16.6. The number of methoxy groups -OCH3 is 1. The van der Waals surface area contributed by atoms with Crippen molar-refractivity contribution >= 4 is 29.5 Å². The van der Waals surface area contributed by atoms with E-state index in [9.17, 15) is 54.0 Å². The highest BCUT2D eigenvalue weighted by atomic mass is 16.7. The lowest BCUT2D eigenvalue weighted by Gasteiger charge is -2.48. The molecule has 346 valence electrons. The molecule has 14 atom stereocenters. The Morgan fingerprint density at radius 3 is 2.29 bits per heavy atom. The number of aromatic nitrogens is 2. The summed E-state index contributed by atoms with van der Waals surface area (Å²) in [6, 6.07) is -2.04. The minimum absolute atomic E-state index is 0.112. The molecule has 0 bridgehead atoms. The highest BCUT2D eigenvalue weighted by Crippen LogP contribution is 2.37. The summed E-state index contributed by atoms with van der Waals surface area (Å²) in [4.78, 5) is 98.0. The smallest absolute Gasteiger partial charge is 0.326 e. The van der Waals surface area contributed by atoms with Crippen molar-refractivity contribution in [3.05, 3.63) is 32.6 Å². The molecule has 1 aromatic rings. The topological polar surface area (TPSA) is 341 Å². The van der Waals surface area contributed by atoms with Gasteiger partial charge in [-0.15, -0.1) is 0 Å². The number of aromatic amines is 2. The number of carbonyl (C=O) groups excluding carboxylic acids is 5. The predicted octanol–water partition coefficient (Wildman–Crippen LogP) is -3.97.